The number of rotatable bonds is 14. The molecule has 0 aliphatic carbocycles. The van der Waals surface area contributed by atoms with Crippen molar-refractivity contribution in [2.24, 2.45) is 0 Å². The van der Waals surface area contributed by atoms with Gasteiger partial charge in [-0.15, -0.1) is 0 Å². The van der Waals surface area contributed by atoms with Gasteiger partial charge < -0.3 is 29.0 Å². The largest absolute Gasteiger partial charge is 0.494 e. The zero-order valence-electron chi connectivity index (χ0n) is 22.7. The Bertz CT molecular complexity index is 1360. The van der Waals surface area contributed by atoms with Crippen molar-refractivity contribution in [1.82, 2.24) is 5.32 Å². The van der Waals surface area contributed by atoms with Crippen LogP contribution in [0.15, 0.2) is 65.6 Å². The number of hydrogen-bond acceptors (Lipinski definition) is 8. The van der Waals surface area contributed by atoms with Crippen LogP contribution >= 0.6 is 0 Å². The Labute approximate surface area is 229 Å². The Hall–Kier alpha value is -4.12. The Morgan fingerprint density at radius 2 is 1.38 bits per heavy atom. The number of nitrogens with zero attached hydrogens (tertiary/aromatic N) is 1. The van der Waals surface area contributed by atoms with Crippen LogP contribution in [0.5, 0.6) is 28.7 Å². The first-order valence-electron chi connectivity index (χ1n) is 12.2. The van der Waals surface area contributed by atoms with Crippen molar-refractivity contribution < 1.29 is 36.9 Å². The SMILES string of the molecule is CCOc1ccc(N(CC(=O)NCCc2ccc(OC)c(OC)c2)S(=O)(=O)c2ccc(OC)c(OC)c2)cc1. The molecule has 1 N–H and O–H groups in total. The van der Waals surface area contributed by atoms with Gasteiger partial charge in [-0.25, -0.2) is 8.42 Å². The van der Waals surface area contributed by atoms with Crippen LogP contribution in [-0.4, -0.2) is 62.5 Å². The van der Waals surface area contributed by atoms with E-state index >= 15 is 0 Å². The fourth-order valence-corrected chi connectivity index (χ4v) is 5.30. The molecule has 0 radical (unpaired) electrons. The van der Waals surface area contributed by atoms with E-state index in [0.717, 1.165) is 9.87 Å². The fourth-order valence-electron chi connectivity index (χ4n) is 3.86. The number of carbonyl (C=O) groups excluding carboxylic acids is 1. The molecule has 11 heteroatoms. The van der Waals surface area contributed by atoms with E-state index in [1.54, 1.807) is 44.6 Å². The van der Waals surface area contributed by atoms with E-state index in [0.29, 0.717) is 48.3 Å². The lowest BCUT2D eigenvalue weighted by atomic mass is 10.1. The number of amides is 1. The van der Waals surface area contributed by atoms with E-state index in [4.69, 9.17) is 23.7 Å². The number of nitrogens with one attached hydrogen (secondary N) is 1. The van der Waals surface area contributed by atoms with Gasteiger partial charge in [0.2, 0.25) is 5.91 Å². The van der Waals surface area contributed by atoms with Crippen LogP contribution < -0.4 is 33.3 Å². The topological polar surface area (TPSA) is 113 Å². The van der Waals surface area contributed by atoms with Crippen molar-refractivity contribution in [3.8, 4) is 28.7 Å². The summed E-state index contributed by atoms with van der Waals surface area (Å²) in [5.74, 6) is 1.96. The molecule has 0 atom stereocenters. The molecular formula is C28H34N2O8S. The second-order valence-electron chi connectivity index (χ2n) is 8.24. The molecule has 0 aliphatic heterocycles. The van der Waals surface area contributed by atoms with Crippen LogP contribution in [0, 0.1) is 0 Å². The molecule has 10 nitrogen and oxygen atoms in total. The summed E-state index contributed by atoms with van der Waals surface area (Å²) < 4.78 is 55.2. The lowest BCUT2D eigenvalue weighted by Gasteiger charge is -2.25. The molecule has 0 saturated heterocycles. The number of methoxy groups -OCH3 is 4. The van der Waals surface area contributed by atoms with Crippen LogP contribution in [0.25, 0.3) is 0 Å². The van der Waals surface area contributed by atoms with E-state index in [2.05, 4.69) is 5.32 Å². The van der Waals surface area contributed by atoms with Gasteiger partial charge in [0.15, 0.2) is 23.0 Å². The molecule has 3 rings (SSSR count). The Kier molecular flexibility index (Phi) is 10.3. The van der Waals surface area contributed by atoms with Crippen LogP contribution in [-0.2, 0) is 21.2 Å². The molecule has 1 amide bonds. The first-order valence-corrected chi connectivity index (χ1v) is 13.7. The van der Waals surface area contributed by atoms with Crippen molar-refractivity contribution in [1.29, 1.82) is 0 Å². The molecular weight excluding hydrogens is 524 g/mol. The summed E-state index contributed by atoms with van der Waals surface area (Å²) in [4.78, 5) is 12.9. The first-order chi connectivity index (χ1) is 18.8. The van der Waals surface area contributed by atoms with Crippen molar-refractivity contribution in [2.75, 3.05) is 52.4 Å². The molecule has 0 unspecified atom stereocenters. The molecule has 0 spiro atoms. The van der Waals surface area contributed by atoms with Gasteiger partial charge in [-0.3, -0.25) is 9.10 Å². The minimum atomic E-state index is -4.16. The molecule has 0 bridgehead atoms. The number of ether oxygens (including phenoxy) is 5. The average Bonchev–Trinajstić information content (AvgIpc) is 2.96. The average molecular weight is 559 g/mol. The van der Waals surface area contributed by atoms with Gasteiger partial charge in [-0.05, 0) is 67.4 Å². The highest BCUT2D eigenvalue weighted by atomic mass is 32.2. The Morgan fingerprint density at radius 3 is 1.97 bits per heavy atom. The van der Waals surface area contributed by atoms with Gasteiger partial charge in [0, 0.05) is 12.6 Å². The summed E-state index contributed by atoms with van der Waals surface area (Å²) in [7, 11) is 1.84. The number of anilines is 1. The highest BCUT2D eigenvalue weighted by molar-refractivity contribution is 7.92. The third-order valence-corrected chi connectivity index (χ3v) is 7.62. The lowest BCUT2D eigenvalue weighted by Crippen LogP contribution is -2.41. The zero-order chi connectivity index (χ0) is 28.4. The summed E-state index contributed by atoms with van der Waals surface area (Å²) >= 11 is 0. The second kappa shape index (κ2) is 13.6. The molecule has 0 aliphatic rings. The molecule has 0 aromatic heterocycles. The number of carbonyl (C=O) groups is 1. The molecule has 210 valence electrons. The highest BCUT2D eigenvalue weighted by Gasteiger charge is 2.28. The van der Waals surface area contributed by atoms with Gasteiger partial charge in [-0.1, -0.05) is 6.07 Å². The Morgan fingerprint density at radius 1 is 0.795 bits per heavy atom. The van der Waals surface area contributed by atoms with Crippen LogP contribution in [0.1, 0.15) is 12.5 Å². The van der Waals surface area contributed by atoms with Crippen LogP contribution in [0.4, 0.5) is 5.69 Å². The minimum Gasteiger partial charge on any atom is -0.494 e. The zero-order valence-corrected chi connectivity index (χ0v) is 23.5. The summed E-state index contributed by atoms with van der Waals surface area (Å²) in [6.45, 7) is 2.18. The van der Waals surface area contributed by atoms with Gasteiger partial charge >= 0.3 is 0 Å². The van der Waals surface area contributed by atoms with Crippen molar-refractivity contribution in [3.63, 3.8) is 0 Å². The molecule has 0 heterocycles. The first kappa shape index (κ1) is 29.4. The van der Waals surface area contributed by atoms with E-state index < -0.39 is 22.5 Å². The third-order valence-electron chi connectivity index (χ3n) is 5.85. The summed E-state index contributed by atoms with van der Waals surface area (Å²) in [5, 5.41) is 2.81. The maximum absolute atomic E-state index is 13.8. The van der Waals surface area contributed by atoms with Gasteiger partial charge in [0.25, 0.3) is 10.0 Å². The molecule has 39 heavy (non-hydrogen) atoms. The third kappa shape index (κ3) is 7.26. The van der Waals surface area contributed by atoms with Crippen LogP contribution in [0.3, 0.4) is 0 Å². The molecule has 3 aromatic rings. The highest BCUT2D eigenvalue weighted by Crippen LogP contribution is 2.33. The predicted molar refractivity (Wildman–Crippen MR) is 148 cm³/mol. The van der Waals surface area contributed by atoms with Gasteiger partial charge in [0.05, 0.1) is 45.6 Å². The fraction of sp³-hybridized carbons (Fsp3) is 0.321. The predicted octanol–water partition coefficient (Wildman–Crippen LogP) is 3.67. The molecule has 3 aromatic carbocycles. The summed E-state index contributed by atoms with van der Waals surface area (Å²) in [5.41, 5.74) is 1.23. The van der Waals surface area contributed by atoms with Crippen LogP contribution in [0.2, 0.25) is 0 Å². The minimum absolute atomic E-state index is 0.0489. The van der Waals surface area contributed by atoms with Gasteiger partial charge in [-0.2, -0.15) is 0 Å². The van der Waals surface area contributed by atoms with E-state index in [-0.39, 0.29) is 10.6 Å². The van der Waals surface area contributed by atoms with Crippen molar-refractivity contribution >= 4 is 21.6 Å². The normalized spacial score (nSPS) is 10.9. The maximum atomic E-state index is 13.8. The monoisotopic (exact) mass is 558 g/mol. The number of hydrogen-bond donors (Lipinski definition) is 1. The van der Waals surface area contributed by atoms with E-state index in [1.807, 2.05) is 19.1 Å². The second-order valence-corrected chi connectivity index (χ2v) is 10.1. The summed E-state index contributed by atoms with van der Waals surface area (Å²) in [6.07, 6.45) is 0.511. The standard InChI is InChI=1S/C28H34N2O8S/c1-6-38-22-10-8-21(9-11-22)30(39(32,33)23-12-14-25(35-3)27(18-23)37-5)19-28(31)29-16-15-20-7-13-24(34-2)26(17-20)36-4/h7-14,17-18H,6,15-16,19H2,1-5H3,(H,29,31). The maximum Gasteiger partial charge on any atom is 0.264 e. The van der Waals surface area contributed by atoms with E-state index in [1.165, 1.54) is 32.4 Å². The number of benzene rings is 3. The van der Waals surface area contributed by atoms with Crippen molar-refractivity contribution in [2.45, 2.75) is 18.2 Å². The number of sulfonamides is 1. The molecule has 0 saturated carbocycles. The molecule has 0 fully saturated rings. The van der Waals surface area contributed by atoms with Crippen molar-refractivity contribution in [3.05, 3.63) is 66.2 Å². The van der Waals surface area contributed by atoms with Gasteiger partial charge in [0.1, 0.15) is 12.3 Å². The Balaban J connectivity index is 1.82. The van der Waals surface area contributed by atoms with E-state index in [9.17, 15) is 13.2 Å². The smallest absolute Gasteiger partial charge is 0.264 e. The summed E-state index contributed by atoms with van der Waals surface area (Å²) in [6, 6.07) is 16.3. The quantitative estimate of drug-likeness (QED) is 0.319. The lowest BCUT2D eigenvalue weighted by molar-refractivity contribution is -0.119.